The molecule has 1 amide bonds. The molecule has 26 heavy (non-hydrogen) atoms. The van der Waals surface area contributed by atoms with Gasteiger partial charge in [0, 0.05) is 28.3 Å². The number of carbonyl (C=O) groups excluding carboxylic acids is 2. The van der Waals surface area contributed by atoms with Crippen molar-refractivity contribution in [3.8, 4) is 0 Å². The molecule has 0 heterocycles. The number of benzene rings is 1. The van der Waals surface area contributed by atoms with Gasteiger partial charge in [0.25, 0.3) is 0 Å². The van der Waals surface area contributed by atoms with E-state index in [1.807, 2.05) is 25.3 Å². The number of fused-ring (bicyclic) bond motifs is 2. The van der Waals surface area contributed by atoms with Gasteiger partial charge in [-0.05, 0) is 36.4 Å². The summed E-state index contributed by atoms with van der Waals surface area (Å²) in [6.45, 7) is 10.4. The van der Waals surface area contributed by atoms with Crippen molar-refractivity contribution >= 4 is 29.5 Å². The van der Waals surface area contributed by atoms with Gasteiger partial charge in [0.05, 0.1) is 5.69 Å². The largest absolute Gasteiger partial charge is 0.328 e. The van der Waals surface area contributed by atoms with Crippen LogP contribution in [0.15, 0.2) is 30.9 Å². The molecule has 0 saturated heterocycles. The van der Waals surface area contributed by atoms with Gasteiger partial charge in [0.15, 0.2) is 5.78 Å². The third-order valence-electron chi connectivity index (χ3n) is 6.80. The molecule has 140 valence electrons. The molecular formula is C21H27ClN2O2. The maximum atomic E-state index is 13.6. The summed E-state index contributed by atoms with van der Waals surface area (Å²) in [6, 6.07) is 5.56. The molecule has 1 aromatic carbocycles. The van der Waals surface area contributed by atoms with E-state index in [9.17, 15) is 9.59 Å². The monoisotopic (exact) mass is 374 g/mol. The first kappa shape index (κ1) is 19.1. The van der Waals surface area contributed by atoms with Gasteiger partial charge < -0.3 is 10.6 Å². The SMILES string of the molecule is C=CC1(C)C(Cl)CC2C(C(=O)c3c(NC=O)cccc3C2(C)C)C1NC. The molecule has 0 aromatic heterocycles. The molecule has 0 spiro atoms. The van der Waals surface area contributed by atoms with Crippen molar-refractivity contribution in [2.75, 3.05) is 12.4 Å². The molecule has 5 unspecified atom stereocenters. The average molecular weight is 375 g/mol. The summed E-state index contributed by atoms with van der Waals surface area (Å²) in [5.74, 6) is -0.0395. The van der Waals surface area contributed by atoms with Gasteiger partial charge in [-0.25, -0.2) is 0 Å². The third kappa shape index (κ3) is 2.46. The molecule has 0 radical (unpaired) electrons. The molecule has 2 aliphatic rings. The smallest absolute Gasteiger partial charge is 0.211 e. The molecule has 5 heteroatoms. The van der Waals surface area contributed by atoms with Crippen LogP contribution >= 0.6 is 11.6 Å². The van der Waals surface area contributed by atoms with Gasteiger partial charge in [0.2, 0.25) is 6.41 Å². The lowest BCUT2D eigenvalue weighted by Crippen LogP contribution is -2.63. The highest BCUT2D eigenvalue weighted by molar-refractivity contribution is 6.21. The first-order valence-corrected chi connectivity index (χ1v) is 9.50. The second-order valence-electron chi connectivity index (χ2n) is 8.25. The summed E-state index contributed by atoms with van der Waals surface area (Å²) in [5.41, 5.74) is 1.56. The zero-order valence-electron chi connectivity index (χ0n) is 15.8. The van der Waals surface area contributed by atoms with Crippen LogP contribution in [-0.4, -0.2) is 30.7 Å². The topological polar surface area (TPSA) is 58.2 Å². The summed E-state index contributed by atoms with van der Waals surface area (Å²) in [5, 5.41) is 5.96. The number of nitrogens with one attached hydrogen (secondary N) is 2. The minimum atomic E-state index is -0.395. The minimum absolute atomic E-state index is 0.0743. The standard InChI is InChI=1S/C21H27ClN2O2/c1-6-21(4)15(22)10-13-17(19(21)23-5)18(26)16-12(20(13,2)3)8-7-9-14(16)24-11-25/h6-9,11,13,15,17,19,23H,1,10H2,2-5H3,(H,24,25). The van der Waals surface area contributed by atoms with Gasteiger partial charge >= 0.3 is 0 Å². The number of carbonyl (C=O) groups is 2. The molecular weight excluding hydrogens is 348 g/mol. The van der Waals surface area contributed by atoms with Crippen molar-refractivity contribution in [1.29, 1.82) is 0 Å². The predicted octanol–water partition coefficient (Wildman–Crippen LogP) is 3.75. The quantitative estimate of drug-likeness (QED) is 0.479. The van der Waals surface area contributed by atoms with E-state index in [0.29, 0.717) is 17.7 Å². The fraction of sp³-hybridized carbons (Fsp3) is 0.524. The van der Waals surface area contributed by atoms with Crippen molar-refractivity contribution in [3.63, 3.8) is 0 Å². The number of hydrogen-bond acceptors (Lipinski definition) is 3. The van der Waals surface area contributed by atoms with Crippen LogP contribution < -0.4 is 10.6 Å². The molecule has 4 nitrogen and oxygen atoms in total. The van der Waals surface area contributed by atoms with E-state index >= 15 is 0 Å². The van der Waals surface area contributed by atoms with Crippen molar-refractivity contribution in [1.82, 2.24) is 5.32 Å². The van der Waals surface area contributed by atoms with Crippen LogP contribution in [0, 0.1) is 17.3 Å². The second kappa shape index (κ2) is 6.50. The number of amides is 1. The Hall–Kier alpha value is -1.65. The molecule has 1 fully saturated rings. The summed E-state index contributed by atoms with van der Waals surface area (Å²) in [4.78, 5) is 24.7. The first-order chi connectivity index (χ1) is 12.2. The van der Waals surface area contributed by atoms with E-state index in [-0.39, 0.29) is 34.5 Å². The predicted molar refractivity (Wildman–Crippen MR) is 106 cm³/mol. The van der Waals surface area contributed by atoms with Crippen molar-refractivity contribution in [2.24, 2.45) is 17.3 Å². The highest BCUT2D eigenvalue weighted by Gasteiger charge is 2.58. The lowest BCUT2D eigenvalue weighted by molar-refractivity contribution is -0.105. The first-order valence-electron chi connectivity index (χ1n) is 9.06. The summed E-state index contributed by atoms with van der Waals surface area (Å²) < 4.78 is 0. The lowest BCUT2D eigenvalue weighted by atomic mass is 9.50. The number of rotatable bonds is 4. The number of alkyl halides is 1. The van der Waals surface area contributed by atoms with E-state index in [0.717, 1.165) is 12.0 Å². The van der Waals surface area contributed by atoms with Crippen LogP contribution in [0.3, 0.4) is 0 Å². The fourth-order valence-electron chi connectivity index (χ4n) is 5.17. The second-order valence-corrected chi connectivity index (χ2v) is 8.78. The van der Waals surface area contributed by atoms with Crippen molar-refractivity contribution < 1.29 is 9.59 Å². The average Bonchev–Trinajstić information content (AvgIpc) is 2.61. The van der Waals surface area contributed by atoms with Crippen molar-refractivity contribution in [2.45, 2.75) is 44.0 Å². The Morgan fingerprint density at radius 3 is 2.58 bits per heavy atom. The number of anilines is 1. The van der Waals surface area contributed by atoms with Crippen LogP contribution in [0.1, 0.15) is 43.1 Å². The van der Waals surface area contributed by atoms with E-state index in [4.69, 9.17) is 11.6 Å². The van der Waals surface area contributed by atoms with E-state index in [2.05, 4.69) is 38.0 Å². The highest BCUT2D eigenvalue weighted by atomic mass is 35.5. The molecule has 3 rings (SSSR count). The van der Waals surface area contributed by atoms with Crippen LogP contribution in [0.2, 0.25) is 0 Å². The Morgan fingerprint density at radius 1 is 1.31 bits per heavy atom. The fourth-order valence-corrected chi connectivity index (χ4v) is 5.58. The highest BCUT2D eigenvalue weighted by Crippen LogP contribution is 2.56. The Balaban J connectivity index is 2.24. The summed E-state index contributed by atoms with van der Waals surface area (Å²) >= 11 is 6.82. The van der Waals surface area contributed by atoms with Crippen LogP contribution in [0.25, 0.3) is 0 Å². The zero-order valence-corrected chi connectivity index (χ0v) is 16.6. The van der Waals surface area contributed by atoms with Gasteiger partial charge in [-0.2, -0.15) is 0 Å². The zero-order chi connectivity index (χ0) is 19.3. The Morgan fingerprint density at radius 2 is 2.00 bits per heavy atom. The maximum absolute atomic E-state index is 13.6. The number of hydrogen-bond donors (Lipinski definition) is 2. The molecule has 0 aliphatic heterocycles. The van der Waals surface area contributed by atoms with Gasteiger partial charge in [-0.15, -0.1) is 18.2 Å². The van der Waals surface area contributed by atoms with Crippen LogP contribution in [0.4, 0.5) is 5.69 Å². The van der Waals surface area contributed by atoms with E-state index < -0.39 is 5.41 Å². The summed E-state index contributed by atoms with van der Waals surface area (Å²) in [7, 11) is 1.88. The number of Topliss-reactive ketones (excluding diaryl/α,β-unsaturated/α-hetero) is 1. The van der Waals surface area contributed by atoms with Crippen LogP contribution in [-0.2, 0) is 10.2 Å². The lowest BCUT2D eigenvalue weighted by Gasteiger charge is -2.56. The molecule has 2 aliphatic carbocycles. The normalized spacial score (nSPS) is 35.2. The van der Waals surface area contributed by atoms with Gasteiger partial charge in [0.1, 0.15) is 0 Å². The van der Waals surface area contributed by atoms with Crippen molar-refractivity contribution in [3.05, 3.63) is 42.0 Å². The summed E-state index contributed by atoms with van der Waals surface area (Å²) in [6.07, 6.45) is 3.25. The molecule has 0 bridgehead atoms. The third-order valence-corrected chi connectivity index (χ3v) is 7.45. The maximum Gasteiger partial charge on any atom is 0.211 e. The molecule has 1 saturated carbocycles. The molecule has 1 aromatic rings. The Labute approximate surface area is 160 Å². The van der Waals surface area contributed by atoms with Gasteiger partial charge in [-0.1, -0.05) is 39.0 Å². The Kier molecular flexibility index (Phi) is 4.78. The Bertz CT molecular complexity index is 760. The number of ketones is 1. The molecule has 5 atom stereocenters. The van der Waals surface area contributed by atoms with Gasteiger partial charge in [-0.3, -0.25) is 9.59 Å². The van der Waals surface area contributed by atoms with Crippen LogP contribution in [0.5, 0.6) is 0 Å². The van der Waals surface area contributed by atoms with E-state index in [1.54, 1.807) is 6.07 Å². The molecule has 2 N–H and O–H groups in total. The van der Waals surface area contributed by atoms with E-state index in [1.165, 1.54) is 0 Å². The minimum Gasteiger partial charge on any atom is -0.328 e. The number of halogens is 1.